The fourth-order valence-corrected chi connectivity index (χ4v) is 0.896. The molecule has 0 aromatic heterocycles. The van der Waals surface area contributed by atoms with E-state index in [0.717, 1.165) is 0 Å². The Morgan fingerprint density at radius 3 is 2.22 bits per heavy atom. The van der Waals surface area contributed by atoms with Crippen molar-refractivity contribution in [2.24, 2.45) is 5.92 Å². The first-order valence-corrected chi connectivity index (χ1v) is 3.19. The minimum absolute atomic E-state index is 0.428. The minimum atomic E-state index is -0.867. The van der Waals surface area contributed by atoms with Crippen molar-refractivity contribution in [1.29, 1.82) is 0 Å². The summed E-state index contributed by atoms with van der Waals surface area (Å²) in [6.07, 6.45) is 1.35. The van der Waals surface area contributed by atoms with Crippen LogP contribution in [-0.4, -0.2) is 11.8 Å². The first-order valence-electron chi connectivity index (χ1n) is 3.19. The van der Waals surface area contributed by atoms with Crippen molar-refractivity contribution in [3.63, 3.8) is 0 Å². The van der Waals surface area contributed by atoms with Gasteiger partial charge in [-0.3, -0.25) is 0 Å². The molecule has 0 spiro atoms. The molecule has 0 aliphatic heterocycles. The number of hydrogen-bond acceptors (Lipinski definition) is 1. The number of aldehydes is 1. The van der Waals surface area contributed by atoms with Gasteiger partial charge in [-0.1, -0.05) is 13.8 Å². The van der Waals surface area contributed by atoms with Crippen molar-refractivity contribution in [2.75, 3.05) is 0 Å². The molecule has 0 bridgehead atoms. The Balaban J connectivity index is 3.71. The molecule has 53 valence electrons. The molecule has 1 unspecified atom stereocenters. The van der Waals surface area contributed by atoms with Crippen molar-refractivity contribution in [1.82, 2.24) is 5.73 Å². The molecule has 2 heteroatoms. The van der Waals surface area contributed by atoms with Gasteiger partial charge < -0.3 is 4.79 Å². The highest BCUT2D eigenvalue weighted by atomic mass is 16.1. The topological polar surface area (TPSA) is 40.9 Å². The largest absolute Gasteiger partial charge is 0.301 e. The van der Waals surface area contributed by atoms with E-state index in [1.807, 2.05) is 13.8 Å². The van der Waals surface area contributed by atoms with Gasteiger partial charge in [-0.25, -0.2) is 5.73 Å². The molecule has 0 aromatic rings. The lowest BCUT2D eigenvalue weighted by Gasteiger charge is -2.17. The summed E-state index contributed by atoms with van der Waals surface area (Å²) in [5, 5.41) is 0. The van der Waals surface area contributed by atoms with Gasteiger partial charge in [0, 0.05) is 0 Å². The van der Waals surface area contributed by atoms with Crippen molar-refractivity contribution in [3.05, 3.63) is 0 Å². The van der Waals surface area contributed by atoms with Crippen LogP contribution in [0.2, 0.25) is 0 Å². The van der Waals surface area contributed by atoms with Crippen LogP contribution in [0.15, 0.2) is 0 Å². The molecule has 0 aromatic carbocycles. The van der Waals surface area contributed by atoms with Gasteiger partial charge in [0.1, 0.15) is 6.29 Å². The standard InChI is InChI=1S/C7H14NO/c1-6(2)4-7(3,8)5-9/h5-6,8H,4H2,1-3H3. The summed E-state index contributed by atoms with van der Waals surface area (Å²) in [5.74, 6) is 0.428. The van der Waals surface area contributed by atoms with Crippen molar-refractivity contribution >= 4 is 6.29 Å². The predicted octanol–water partition coefficient (Wildman–Crippen LogP) is 1.27. The minimum Gasteiger partial charge on any atom is -0.301 e. The SMILES string of the molecule is CC(C)CC(C)([NH])C=O. The van der Waals surface area contributed by atoms with Crippen LogP contribution in [0.1, 0.15) is 27.2 Å². The van der Waals surface area contributed by atoms with E-state index < -0.39 is 5.54 Å². The zero-order valence-corrected chi connectivity index (χ0v) is 6.27. The van der Waals surface area contributed by atoms with Crippen LogP contribution in [0.4, 0.5) is 0 Å². The Hall–Kier alpha value is -0.370. The molecule has 0 aliphatic carbocycles. The number of rotatable bonds is 3. The van der Waals surface area contributed by atoms with Crippen LogP contribution >= 0.6 is 0 Å². The van der Waals surface area contributed by atoms with Gasteiger partial charge in [0.25, 0.3) is 0 Å². The molecule has 0 aliphatic rings. The second-order valence-electron chi connectivity index (χ2n) is 3.13. The van der Waals surface area contributed by atoms with Gasteiger partial charge in [0.2, 0.25) is 0 Å². The summed E-state index contributed by atoms with van der Waals surface area (Å²) >= 11 is 0. The maximum atomic E-state index is 10.2. The number of carbonyl (C=O) groups is 1. The number of hydrogen-bond donors (Lipinski definition) is 0. The van der Waals surface area contributed by atoms with E-state index in [-0.39, 0.29) is 0 Å². The molecule has 2 nitrogen and oxygen atoms in total. The van der Waals surface area contributed by atoms with Gasteiger partial charge in [0.15, 0.2) is 0 Å². The zero-order valence-electron chi connectivity index (χ0n) is 6.27. The summed E-state index contributed by atoms with van der Waals surface area (Å²) in [4.78, 5) is 10.2. The van der Waals surface area contributed by atoms with Crippen LogP contribution in [0.3, 0.4) is 0 Å². The summed E-state index contributed by atoms with van der Waals surface area (Å²) in [7, 11) is 0. The van der Waals surface area contributed by atoms with Crippen LogP contribution in [0.25, 0.3) is 0 Å². The predicted molar refractivity (Wildman–Crippen MR) is 37.0 cm³/mol. The highest BCUT2D eigenvalue weighted by Gasteiger charge is 2.18. The first-order chi connectivity index (χ1) is 3.98. The molecule has 0 fully saturated rings. The zero-order chi connectivity index (χ0) is 7.49. The second-order valence-corrected chi connectivity index (χ2v) is 3.13. The summed E-state index contributed by atoms with van der Waals surface area (Å²) in [5.41, 5.74) is 6.47. The van der Waals surface area contributed by atoms with Crippen molar-refractivity contribution in [3.8, 4) is 0 Å². The Morgan fingerprint density at radius 2 is 2.11 bits per heavy atom. The van der Waals surface area contributed by atoms with Gasteiger partial charge in [-0.15, -0.1) is 0 Å². The third-order valence-corrected chi connectivity index (χ3v) is 1.09. The van der Waals surface area contributed by atoms with Crippen LogP contribution in [0, 0.1) is 5.92 Å². The maximum Gasteiger partial charge on any atom is 0.141 e. The molecule has 0 heterocycles. The monoisotopic (exact) mass is 128 g/mol. The van der Waals surface area contributed by atoms with Crippen LogP contribution in [0.5, 0.6) is 0 Å². The van der Waals surface area contributed by atoms with Crippen LogP contribution in [-0.2, 0) is 4.79 Å². The normalized spacial score (nSPS) is 17.4. The van der Waals surface area contributed by atoms with Crippen molar-refractivity contribution in [2.45, 2.75) is 32.7 Å². The Bertz CT molecular complexity index is 97.1. The summed E-state index contributed by atoms with van der Waals surface area (Å²) in [6.45, 7) is 5.66. The molecule has 1 atom stereocenters. The number of carbonyl (C=O) groups excluding carboxylic acids is 1. The van der Waals surface area contributed by atoms with E-state index in [9.17, 15) is 4.79 Å². The molecule has 9 heavy (non-hydrogen) atoms. The van der Waals surface area contributed by atoms with E-state index in [0.29, 0.717) is 18.6 Å². The van der Waals surface area contributed by atoms with E-state index in [4.69, 9.17) is 5.73 Å². The molecular formula is C7H14NO. The Kier molecular flexibility index (Phi) is 2.85. The first kappa shape index (κ1) is 8.63. The molecule has 0 saturated heterocycles. The summed E-state index contributed by atoms with van der Waals surface area (Å²) in [6, 6.07) is 0. The smallest absolute Gasteiger partial charge is 0.141 e. The molecule has 1 N–H and O–H groups in total. The number of nitrogens with one attached hydrogen (secondary N) is 1. The molecular weight excluding hydrogens is 114 g/mol. The van der Waals surface area contributed by atoms with Gasteiger partial charge in [0.05, 0.1) is 5.54 Å². The van der Waals surface area contributed by atoms with E-state index in [2.05, 4.69) is 0 Å². The molecule has 0 amide bonds. The van der Waals surface area contributed by atoms with E-state index in [1.165, 1.54) is 0 Å². The van der Waals surface area contributed by atoms with E-state index in [1.54, 1.807) is 6.92 Å². The third kappa shape index (κ3) is 4.15. The lowest BCUT2D eigenvalue weighted by Crippen LogP contribution is -2.29. The molecule has 0 saturated carbocycles. The van der Waals surface area contributed by atoms with E-state index >= 15 is 0 Å². The Morgan fingerprint density at radius 1 is 1.67 bits per heavy atom. The average Bonchev–Trinajstić information content (AvgIpc) is 1.63. The van der Waals surface area contributed by atoms with Gasteiger partial charge in [-0.2, -0.15) is 0 Å². The maximum absolute atomic E-state index is 10.2. The van der Waals surface area contributed by atoms with Crippen LogP contribution < -0.4 is 5.73 Å². The van der Waals surface area contributed by atoms with Gasteiger partial charge >= 0.3 is 0 Å². The fourth-order valence-electron chi connectivity index (χ4n) is 0.896. The highest BCUT2D eigenvalue weighted by molar-refractivity contribution is 5.62. The second kappa shape index (κ2) is 2.97. The van der Waals surface area contributed by atoms with Gasteiger partial charge in [-0.05, 0) is 19.3 Å². The van der Waals surface area contributed by atoms with Crippen molar-refractivity contribution < 1.29 is 4.79 Å². The quantitative estimate of drug-likeness (QED) is 0.528. The third-order valence-electron chi connectivity index (χ3n) is 1.09. The lowest BCUT2D eigenvalue weighted by atomic mass is 9.94. The fraction of sp³-hybridized carbons (Fsp3) is 0.857. The highest BCUT2D eigenvalue weighted by Crippen LogP contribution is 2.11. The summed E-state index contributed by atoms with van der Waals surface area (Å²) < 4.78 is 0. The lowest BCUT2D eigenvalue weighted by molar-refractivity contribution is -0.112. The Labute approximate surface area is 56.4 Å². The molecule has 0 rings (SSSR count). The average molecular weight is 128 g/mol. The molecule has 1 radical (unpaired) electrons.